The van der Waals surface area contributed by atoms with Gasteiger partial charge in [0.2, 0.25) is 5.91 Å². The number of nitrogens with two attached hydrogens (primary N) is 1. The van der Waals surface area contributed by atoms with Gasteiger partial charge in [0.1, 0.15) is 0 Å². The van der Waals surface area contributed by atoms with E-state index < -0.39 is 0 Å². The Morgan fingerprint density at radius 1 is 1.46 bits per heavy atom. The van der Waals surface area contributed by atoms with E-state index in [0.29, 0.717) is 6.73 Å². The highest BCUT2D eigenvalue weighted by atomic mass is 16.5. The second-order valence-corrected chi connectivity index (χ2v) is 4.08. The van der Waals surface area contributed by atoms with Crippen molar-refractivity contribution in [3.8, 4) is 0 Å². The molecule has 2 aliphatic rings. The van der Waals surface area contributed by atoms with E-state index in [1.807, 2.05) is 0 Å². The molecule has 0 aromatic rings. The van der Waals surface area contributed by atoms with E-state index in [4.69, 9.17) is 10.5 Å². The van der Waals surface area contributed by atoms with Crippen LogP contribution in [0.4, 0.5) is 0 Å². The number of carbonyl (C=O) groups is 1. The van der Waals surface area contributed by atoms with Crippen LogP contribution < -0.4 is 11.1 Å². The number of nitrogens with one attached hydrogen (secondary N) is 1. The zero-order chi connectivity index (χ0) is 9.31. The normalized spacial score (nSPS) is 39.5. The number of carbonyl (C=O) groups excluding carboxylic acids is 1. The molecular formula is C9H16N2O2. The van der Waals surface area contributed by atoms with Crippen molar-refractivity contribution in [3.05, 3.63) is 0 Å². The highest BCUT2D eigenvalue weighted by molar-refractivity contribution is 5.76. The molecule has 0 aromatic heterocycles. The predicted molar refractivity (Wildman–Crippen MR) is 47.8 cm³/mol. The number of amides is 1. The molecule has 1 saturated heterocycles. The minimum Gasteiger partial charge on any atom is -0.369 e. The second kappa shape index (κ2) is 3.27. The summed E-state index contributed by atoms with van der Waals surface area (Å²) in [6.07, 6.45) is 3.70. The van der Waals surface area contributed by atoms with Crippen molar-refractivity contribution in [3.63, 3.8) is 0 Å². The van der Waals surface area contributed by atoms with Crippen molar-refractivity contribution in [2.24, 2.45) is 11.7 Å². The van der Waals surface area contributed by atoms with E-state index in [-0.39, 0.29) is 17.4 Å². The molecule has 3 N–H and O–H groups in total. The molecule has 0 atom stereocenters. The maximum Gasteiger partial charge on any atom is 0.220 e. The Morgan fingerprint density at radius 2 is 2.15 bits per heavy atom. The second-order valence-electron chi connectivity index (χ2n) is 4.08. The molecule has 1 saturated carbocycles. The minimum absolute atomic E-state index is 0.0198. The first-order valence-corrected chi connectivity index (χ1v) is 4.86. The van der Waals surface area contributed by atoms with Gasteiger partial charge in [-0.1, -0.05) is 0 Å². The fraction of sp³-hybridized carbons (Fsp3) is 0.889. The van der Waals surface area contributed by atoms with E-state index in [1.54, 1.807) is 0 Å². The minimum atomic E-state index is -0.152. The van der Waals surface area contributed by atoms with Crippen molar-refractivity contribution in [2.45, 2.75) is 31.3 Å². The van der Waals surface area contributed by atoms with Gasteiger partial charge in [-0.25, -0.2) is 0 Å². The molecule has 0 aromatic carbocycles. The molecular weight excluding hydrogens is 168 g/mol. The van der Waals surface area contributed by atoms with Crippen LogP contribution in [0.3, 0.4) is 0 Å². The lowest BCUT2D eigenvalue weighted by atomic mass is 9.78. The van der Waals surface area contributed by atoms with Gasteiger partial charge in [-0.05, 0) is 25.7 Å². The maximum atomic E-state index is 10.9. The molecule has 0 radical (unpaired) electrons. The molecule has 2 rings (SSSR count). The van der Waals surface area contributed by atoms with Gasteiger partial charge in [-0.2, -0.15) is 0 Å². The zero-order valence-electron chi connectivity index (χ0n) is 7.71. The maximum absolute atomic E-state index is 10.9. The summed E-state index contributed by atoms with van der Waals surface area (Å²) in [6, 6.07) is 0. The monoisotopic (exact) mass is 184 g/mol. The number of hydrogen-bond donors (Lipinski definition) is 2. The first-order valence-electron chi connectivity index (χ1n) is 4.86. The van der Waals surface area contributed by atoms with Crippen LogP contribution in [0, 0.1) is 5.92 Å². The van der Waals surface area contributed by atoms with Crippen LogP contribution in [0.25, 0.3) is 0 Å². The van der Waals surface area contributed by atoms with Crippen LogP contribution in [-0.2, 0) is 9.53 Å². The number of primary amides is 1. The lowest BCUT2D eigenvalue weighted by molar-refractivity contribution is -0.124. The fourth-order valence-electron chi connectivity index (χ4n) is 2.28. The first-order chi connectivity index (χ1) is 6.22. The Hall–Kier alpha value is -0.610. The van der Waals surface area contributed by atoms with Crippen LogP contribution in [-0.4, -0.2) is 24.8 Å². The van der Waals surface area contributed by atoms with E-state index in [0.717, 1.165) is 32.2 Å². The summed E-state index contributed by atoms with van der Waals surface area (Å²) in [7, 11) is 0. The third-order valence-corrected chi connectivity index (χ3v) is 3.23. The van der Waals surface area contributed by atoms with Gasteiger partial charge < -0.3 is 10.5 Å². The summed E-state index contributed by atoms with van der Waals surface area (Å²) in [5.41, 5.74) is 5.28. The molecule has 1 heterocycles. The molecule has 1 amide bonds. The largest absolute Gasteiger partial charge is 0.369 e. The van der Waals surface area contributed by atoms with Crippen molar-refractivity contribution in [1.82, 2.24) is 5.32 Å². The van der Waals surface area contributed by atoms with Crippen LogP contribution in [0.2, 0.25) is 0 Å². The topological polar surface area (TPSA) is 64.4 Å². The Kier molecular flexibility index (Phi) is 2.26. The van der Waals surface area contributed by atoms with Gasteiger partial charge in [-0.3, -0.25) is 10.1 Å². The molecule has 1 aliphatic carbocycles. The van der Waals surface area contributed by atoms with E-state index >= 15 is 0 Å². The summed E-state index contributed by atoms with van der Waals surface area (Å²) in [6.45, 7) is 1.58. The third-order valence-electron chi connectivity index (χ3n) is 3.23. The van der Waals surface area contributed by atoms with Crippen LogP contribution in [0.15, 0.2) is 0 Å². The molecule has 13 heavy (non-hydrogen) atoms. The number of rotatable bonds is 1. The van der Waals surface area contributed by atoms with Crippen molar-refractivity contribution < 1.29 is 9.53 Å². The van der Waals surface area contributed by atoms with E-state index in [1.165, 1.54) is 0 Å². The van der Waals surface area contributed by atoms with Crippen molar-refractivity contribution >= 4 is 5.91 Å². The Balaban J connectivity index is 1.91. The zero-order valence-corrected chi connectivity index (χ0v) is 7.71. The van der Waals surface area contributed by atoms with Crippen LogP contribution in [0.5, 0.6) is 0 Å². The Bertz CT molecular complexity index is 202. The third kappa shape index (κ3) is 1.69. The fourth-order valence-corrected chi connectivity index (χ4v) is 2.28. The molecule has 1 spiro atoms. The van der Waals surface area contributed by atoms with Gasteiger partial charge in [0.25, 0.3) is 0 Å². The van der Waals surface area contributed by atoms with Gasteiger partial charge in [0.05, 0.1) is 12.3 Å². The molecule has 4 heteroatoms. The average Bonchev–Trinajstić information content (AvgIpc) is 2.54. The van der Waals surface area contributed by atoms with E-state index in [9.17, 15) is 4.79 Å². The molecule has 0 bridgehead atoms. The molecule has 4 nitrogen and oxygen atoms in total. The summed E-state index contributed by atoms with van der Waals surface area (Å²) in [4.78, 5) is 10.9. The summed E-state index contributed by atoms with van der Waals surface area (Å²) in [5.74, 6) is -0.0735. The number of hydrogen-bond acceptors (Lipinski definition) is 3. The Labute approximate surface area is 77.8 Å². The quantitative estimate of drug-likeness (QED) is 0.602. The van der Waals surface area contributed by atoms with Gasteiger partial charge >= 0.3 is 0 Å². The first kappa shape index (κ1) is 8.97. The summed E-state index contributed by atoms with van der Waals surface area (Å²) < 4.78 is 5.65. The highest BCUT2D eigenvalue weighted by Gasteiger charge is 2.39. The van der Waals surface area contributed by atoms with Gasteiger partial charge in [0.15, 0.2) is 0 Å². The van der Waals surface area contributed by atoms with E-state index in [2.05, 4.69) is 5.32 Å². The highest BCUT2D eigenvalue weighted by Crippen LogP contribution is 2.35. The lowest BCUT2D eigenvalue weighted by Crippen LogP contribution is -2.40. The lowest BCUT2D eigenvalue weighted by Gasteiger charge is -2.34. The van der Waals surface area contributed by atoms with Crippen molar-refractivity contribution in [1.29, 1.82) is 0 Å². The van der Waals surface area contributed by atoms with Crippen LogP contribution in [0.1, 0.15) is 25.7 Å². The summed E-state index contributed by atoms with van der Waals surface area (Å²) >= 11 is 0. The molecule has 0 unspecified atom stereocenters. The predicted octanol–water partition coefficient (Wildman–Crippen LogP) is -0.0220. The number of ether oxygens (including phenoxy) is 1. The van der Waals surface area contributed by atoms with Gasteiger partial charge in [-0.15, -0.1) is 0 Å². The standard InChI is InChI=1S/C9H16N2O2/c10-8(12)7-1-3-9(4-2-7)5-11-6-13-9/h7,11H,1-6H2,(H2,10,12). The SMILES string of the molecule is NC(=O)C1CCC2(CC1)CNCO2. The molecule has 74 valence electrons. The van der Waals surface area contributed by atoms with Crippen LogP contribution >= 0.6 is 0 Å². The van der Waals surface area contributed by atoms with Gasteiger partial charge in [0, 0.05) is 12.5 Å². The molecule has 2 fully saturated rings. The molecule has 1 aliphatic heterocycles. The average molecular weight is 184 g/mol. The Morgan fingerprint density at radius 3 is 2.62 bits per heavy atom. The summed E-state index contributed by atoms with van der Waals surface area (Å²) in [5, 5.41) is 3.19. The smallest absolute Gasteiger partial charge is 0.220 e. The van der Waals surface area contributed by atoms with Crippen molar-refractivity contribution in [2.75, 3.05) is 13.3 Å².